The highest BCUT2D eigenvalue weighted by Gasteiger charge is 2.39. The van der Waals surface area contributed by atoms with Crippen LogP contribution < -0.4 is 14.0 Å². The van der Waals surface area contributed by atoms with Crippen molar-refractivity contribution < 1.29 is 28.5 Å². The summed E-state index contributed by atoms with van der Waals surface area (Å²) in [6.07, 6.45) is 1.82. The van der Waals surface area contributed by atoms with Crippen molar-refractivity contribution in [3.63, 3.8) is 0 Å². The van der Waals surface area contributed by atoms with Crippen LogP contribution >= 0.6 is 23.5 Å². The lowest BCUT2D eigenvalue weighted by Gasteiger charge is -2.16. The van der Waals surface area contributed by atoms with Crippen molar-refractivity contribution >= 4 is 28.4 Å². The zero-order valence-corrected chi connectivity index (χ0v) is 11.5. The molecule has 1 aliphatic carbocycles. The van der Waals surface area contributed by atoms with Crippen molar-refractivity contribution in [1.82, 2.24) is 0 Å². The number of hydrogen-bond acceptors (Lipinski definition) is 6. The van der Waals surface area contributed by atoms with Gasteiger partial charge in [-0.15, -0.1) is 0 Å². The van der Waals surface area contributed by atoms with Crippen LogP contribution in [-0.2, 0) is 10.7 Å². The van der Waals surface area contributed by atoms with Crippen LogP contribution in [0.3, 0.4) is 0 Å². The highest BCUT2D eigenvalue weighted by atomic mass is 35.7. The summed E-state index contributed by atoms with van der Waals surface area (Å²) in [5.74, 6) is 0. The number of benzene rings is 1. The molecule has 0 spiro atoms. The topological polar surface area (TPSA) is 78.4 Å². The van der Waals surface area contributed by atoms with Gasteiger partial charge in [-0.1, -0.05) is 47.8 Å². The summed E-state index contributed by atoms with van der Waals surface area (Å²) in [6, 6.07) is 8.03. The summed E-state index contributed by atoms with van der Waals surface area (Å²) < 4.78 is 35.6. The fourth-order valence-corrected chi connectivity index (χ4v) is 5.62. The molecule has 1 atom stereocenters. The molecule has 0 saturated heterocycles. The van der Waals surface area contributed by atoms with Gasteiger partial charge >= 0.3 is 4.77 Å². The third-order valence-electron chi connectivity index (χ3n) is 2.77. The van der Waals surface area contributed by atoms with Crippen molar-refractivity contribution in [3.05, 3.63) is 40.3 Å². The predicted octanol–water partition coefficient (Wildman–Crippen LogP) is -0.0211. The SMILES string of the molecule is [O-][Cl+3]([O-])([O-])OC1SC2=C(S1)c1ccccc1CC2. The van der Waals surface area contributed by atoms with Gasteiger partial charge < -0.3 is 0 Å². The van der Waals surface area contributed by atoms with E-state index in [1.807, 2.05) is 18.2 Å². The van der Waals surface area contributed by atoms with Crippen LogP contribution in [0.2, 0.25) is 0 Å². The molecule has 7 heteroatoms. The van der Waals surface area contributed by atoms with Crippen LogP contribution in [0.1, 0.15) is 17.5 Å². The maximum absolute atomic E-state index is 10.6. The molecule has 1 heterocycles. The maximum Gasteiger partial charge on any atom is 0.313 e. The molecule has 2 aliphatic rings. The van der Waals surface area contributed by atoms with Gasteiger partial charge in [-0.05, 0) is 24.0 Å². The lowest BCUT2D eigenvalue weighted by molar-refractivity contribution is -1.92. The van der Waals surface area contributed by atoms with Crippen LogP contribution in [0.15, 0.2) is 29.2 Å². The summed E-state index contributed by atoms with van der Waals surface area (Å²) >= 11 is 2.62. The summed E-state index contributed by atoms with van der Waals surface area (Å²) in [5, 5.41) is 0. The number of fused-ring (bicyclic) bond motifs is 2. The molecule has 96 valence electrons. The maximum atomic E-state index is 10.6. The molecule has 0 amide bonds. The molecule has 4 nitrogen and oxygen atoms in total. The molecule has 18 heavy (non-hydrogen) atoms. The van der Waals surface area contributed by atoms with E-state index in [4.69, 9.17) is 0 Å². The van der Waals surface area contributed by atoms with Crippen molar-refractivity contribution in [1.29, 1.82) is 0 Å². The van der Waals surface area contributed by atoms with Crippen LogP contribution in [0.4, 0.5) is 0 Å². The molecule has 1 aromatic rings. The van der Waals surface area contributed by atoms with Gasteiger partial charge in [0.25, 0.3) is 0 Å². The average molecular weight is 305 g/mol. The standard InChI is InChI=1S/C11H9ClO4S2/c13-12(14,15)16-11-17-9-6-5-7-3-1-2-4-8(7)10(9)18-11/h1-4,11H,5-6H2. The van der Waals surface area contributed by atoms with E-state index in [0.29, 0.717) is 0 Å². The van der Waals surface area contributed by atoms with E-state index in [9.17, 15) is 14.0 Å². The van der Waals surface area contributed by atoms with Crippen LogP contribution in [-0.4, -0.2) is 4.77 Å². The minimum atomic E-state index is -4.37. The zero-order valence-electron chi connectivity index (χ0n) is 9.13. The molecule has 0 fully saturated rings. The van der Waals surface area contributed by atoms with Crippen LogP contribution in [0.25, 0.3) is 4.91 Å². The quantitative estimate of drug-likeness (QED) is 0.764. The van der Waals surface area contributed by atoms with Crippen LogP contribution in [0, 0.1) is 10.2 Å². The highest BCUT2D eigenvalue weighted by molar-refractivity contribution is 8.26. The monoisotopic (exact) mass is 304 g/mol. The molecule has 0 radical (unpaired) electrons. The number of rotatable bonds is 2. The third-order valence-corrected chi connectivity index (χ3v) is 6.06. The van der Waals surface area contributed by atoms with Crippen molar-refractivity contribution in [2.75, 3.05) is 0 Å². The normalized spacial score (nSPS) is 22.9. The summed E-state index contributed by atoms with van der Waals surface area (Å²) in [4.78, 5) is 2.16. The number of thioether (sulfide) groups is 2. The summed E-state index contributed by atoms with van der Waals surface area (Å²) in [7, 11) is -4.37. The molecule has 0 bridgehead atoms. The highest BCUT2D eigenvalue weighted by Crippen LogP contribution is 2.55. The van der Waals surface area contributed by atoms with Crippen molar-refractivity contribution in [2.24, 2.45) is 0 Å². The first-order valence-electron chi connectivity index (χ1n) is 5.27. The summed E-state index contributed by atoms with van der Waals surface area (Å²) in [6.45, 7) is 0. The predicted molar refractivity (Wildman–Crippen MR) is 61.7 cm³/mol. The average Bonchev–Trinajstić information content (AvgIpc) is 2.69. The fourth-order valence-electron chi connectivity index (χ4n) is 2.08. The number of halogens is 1. The Labute approximate surface area is 115 Å². The second-order valence-electron chi connectivity index (χ2n) is 3.90. The van der Waals surface area contributed by atoms with Gasteiger partial charge in [0.05, 0.1) is 14.5 Å². The number of aryl methyl sites for hydroxylation is 1. The molecule has 1 aliphatic heterocycles. The first kappa shape index (κ1) is 12.8. The first-order valence-corrected chi connectivity index (χ1v) is 8.26. The Morgan fingerprint density at radius 2 is 1.89 bits per heavy atom. The minimum Gasteiger partial charge on any atom is -0.183 e. The van der Waals surface area contributed by atoms with E-state index >= 15 is 0 Å². The zero-order chi connectivity index (χ0) is 12.8. The molecule has 1 unspecified atom stereocenters. The van der Waals surface area contributed by atoms with Gasteiger partial charge in [0.1, 0.15) is 0 Å². The molecule has 0 N–H and O–H groups in total. The van der Waals surface area contributed by atoms with Crippen LogP contribution in [0.5, 0.6) is 0 Å². The molecule has 3 rings (SSSR count). The van der Waals surface area contributed by atoms with E-state index in [2.05, 4.69) is 10.4 Å². The van der Waals surface area contributed by atoms with Gasteiger partial charge in [-0.3, -0.25) is 0 Å². The third kappa shape index (κ3) is 2.55. The fraction of sp³-hybridized carbons (Fsp3) is 0.273. The summed E-state index contributed by atoms with van der Waals surface area (Å²) in [5.41, 5.74) is 2.38. The Balaban J connectivity index is 1.83. The largest absolute Gasteiger partial charge is 0.313 e. The van der Waals surface area contributed by atoms with E-state index in [-0.39, 0.29) is 0 Å². The Morgan fingerprint density at radius 1 is 1.11 bits per heavy atom. The van der Waals surface area contributed by atoms with Gasteiger partial charge in [0.2, 0.25) is 0 Å². The molecule has 1 aromatic carbocycles. The van der Waals surface area contributed by atoms with Gasteiger partial charge in [0, 0.05) is 9.81 Å². The smallest absolute Gasteiger partial charge is 0.183 e. The van der Waals surface area contributed by atoms with Crippen molar-refractivity contribution in [2.45, 2.75) is 17.6 Å². The second-order valence-corrected chi connectivity index (χ2v) is 7.36. The lowest BCUT2D eigenvalue weighted by atomic mass is 9.97. The Bertz CT molecular complexity index is 512. The van der Waals surface area contributed by atoms with E-state index < -0.39 is 15.0 Å². The molecule has 0 aromatic heterocycles. The molecular weight excluding hydrogens is 296 g/mol. The van der Waals surface area contributed by atoms with Crippen molar-refractivity contribution in [3.8, 4) is 0 Å². The molecule has 0 saturated carbocycles. The number of allylic oxidation sites excluding steroid dienone is 1. The van der Waals surface area contributed by atoms with Gasteiger partial charge in [-0.25, -0.2) is 0 Å². The number of hydrogen-bond donors (Lipinski definition) is 0. The Morgan fingerprint density at radius 3 is 2.67 bits per heavy atom. The Hall–Kier alpha value is -0.210. The van der Waals surface area contributed by atoms with Gasteiger partial charge in [-0.2, -0.15) is 14.0 Å². The van der Waals surface area contributed by atoms with Gasteiger partial charge in [0.15, 0.2) is 0 Å². The second kappa shape index (κ2) is 4.72. The Kier molecular flexibility index (Phi) is 3.36. The first-order chi connectivity index (χ1) is 8.53. The van der Waals surface area contributed by atoms with E-state index in [1.165, 1.54) is 29.1 Å². The molecular formula is C11H9ClO4S2. The lowest BCUT2D eigenvalue weighted by Crippen LogP contribution is -2.61. The van der Waals surface area contributed by atoms with E-state index in [1.54, 1.807) is 0 Å². The minimum absolute atomic E-state index is 0.690. The van der Waals surface area contributed by atoms with E-state index in [0.717, 1.165) is 28.2 Å².